The molecule has 0 atom stereocenters. The van der Waals surface area contributed by atoms with Crippen molar-refractivity contribution >= 4 is 15.9 Å². The number of fused-ring (bicyclic) bond motifs is 1. The van der Waals surface area contributed by atoms with E-state index in [1.807, 2.05) is 6.07 Å². The first-order chi connectivity index (χ1) is 10.2. The highest BCUT2D eigenvalue weighted by molar-refractivity contribution is 9.10. The number of aryl methyl sites for hydroxylation is 2. The SMILES string of the molecule is NCc1cc2c(nc1Oc1ccc(Br)cc1F)CCCC2. The summed E-state index contributed by atoms with van der Waals surface area (Å²) >= 11 is 3.23. The van der Waals surface area contributed by atoms with Crippen LogP contribution in [0.15, 0.2) is 28.7 Å². The lowest BCUT2D eigenvalue weighted by molar-refractivity contribution is 0.419. The lowest BCUT2D eigenvalue weighted by Crippen LogP contribution is -2.10. The quantitative estimate of drug-likeness (QED) is 0.905. The third-order valence-corrected chi connectivity index (χ3v) is 4.15. The first-order valence-corrected chi connectivity index (χ1v) is 7.81. The highest BCUT2D eigenvalue weighted by Crippen LogP contribution is 2.31. The number of hydrogen-bond acceptors (Lipinski definition) is 3. The van der Waals surface area contributed by atoms with Crippen molar-refractivity contribution in [3.05, 3.63) is 51.4 Å². The molecule has 0 saturated heterocycles. The van der Waals surface area contributed by atoms with Crippen molar-refractivity contribution in [1.29, 1.82) is 0 Å². The van der Waals surface area contributed by atoms with Gasteiger partial charge in [-0.3, -0.25) is 0 Å². The molecule has 0 aliphatic heterocycles. The molecule has 3 rings (SSSR count). The van der Waals surface area contributed by atoms with E-state index in [4.69, 9.17) is 10.5 Å². The van der Waals surface area contributed by atoms with E-state index in [1.165, 1.54) is 18.1 Å². The fourth-order valence-electron chi connectivity index (χ4n) is 2.56. The molecule has 1 aromatic carbocycles. The van der Waals surface area contributed by atoms with Gasteiger partial charge in [-0.15, -0.1) is 0 Å². The first kappa shape index (κ1) is 14.5. The Kier molecular flexibility index (Phi) is 4.22. The van der Waals surface area contributed by atoms with Crippen LogP contribution in [0, 0.1) is 5.82 Å². The Balaban J connectivity index is 1.97. The summed E-state index contributed by atoms with van der Waals surface area (Å²) in [6, 6.07) is 6.74. The number of hydrogen-bond donors (Lipinski definition) is 1. The molecule has 3 nitrogen and oxygen atoms in total. The molecule has 0 amide bonds. The third kappa shape index (κ3) is 3.09. The molecule has 2 aromatic rings. The van der Waals surface area contributed by atoms with Gasteiger partial charge in [0.1, 0.15) is 0 Å². The second-order valence-electron chi connectivity index (χ2n) is 5.15. The minimum Gasteiger partial charge on any atom is -0.436 e. The zero-order valence-corrected chi connectivity index (χ0v) is 13.1. The van der Waals surface area contributed by atoms with Gasteiger partial charge in [0.05, 0.1) is 0 Å². The number of nitrogens with zero attached hydrogens (tertiary/aromatic N) is 1. The summed E-state index contributed by atoms with van der Waals surface area (Å²) in [5, 5.41) is 0. The summed E-state index contributed by atoms with van der Waals surface area (Å²) in [5.41, 5.74) is 8.88. The van der Waals surface area contributed by atoms with Crippen LogP contribution in [0.25, 0.3) is 0 Å². The number of aromatic nitrogens is 1. The standard InChI is InChI=1S/C16H16BrFN2O/c17-12-5-6-15(13(18)8-12)21-16-11(9-19)7-10-3-1-2-4-14(10)20-16/h5-8H,1-4,9,19H2. The van der Waals surface area contributed by atoms with Gasteiger partial charge >= 0.3 is 0 Å². The van der Waals surface area contributed by atoms with Crippen LogP contribution in [-0.4, -0.2) is 4.98 Å². The van der Waals surface area contributed by atoms with Crippen LogP contribution in [-0.2, 0) is 19.4 Å². The van der Waals surface area contributed by atoms with Crippen molar-refractivity contribution in [1.82, 2.24) is 4.98 Å². The van der Waals surface area contributed by atoms with E-state index < -0.39 is 5.82 Å². The number of nitrogens with two attached hydrogens (primary N) is 1. The van der Waals surface area contributed by atoms with E-state index in [1.54, 1.807) is 12.1 Å². The van der Waals surface area contributed by atoms with Crippen LogP contribution in [0.3, 0.4) is 0 Å². The van der Waals surface area contributed by atoms with Crippen molar-refractivity contribution in [3.8, 4) is 11.6 Å². The maximum Gasteiger partial charge on any atom is 0.224 e. The van der Waals surface area contributed by atoms with E-state index in [-0.39, 0.29) is 5.75 Å². The molecule has 2 N–H and O–H groups in total. The molecule has 0 saturated carbocycles. The summed E-state index contributed by atoms with van der Waals surface area (Å²) < 4.78 is 20.2. The van der Waals surface area contributed by atoms with Crippen LogP contribution in [0.1, 0.15) is 29.7 Å². The van der Waals surface area contributed by atoms with Gasteiger partial charge in [0.25, 0.3) is 0 Å². The van der Waals surface area contributed by atoms with Gasteiger partial charge in [-0.05, 0) is 55.5 Å². The molecular weight excluding hydrogens is 335 g/mol. The van der Waals surface area contributed by atoms with E-state index in [9.17, 15) is 4.39 Å². The average molecular weight is 351 g/mol. The van der Waals surface area contributed by atoms with Crippen LogP contribution in [0.5, 0.6) is 11.6 Å². The highest BCUT2D eigenvalue weighted by Gasteiger charge is 2.17. The molecule has 110 valence electrons. The Morgan fingerprint density at radius 2 is 2.05 bits per heavy atom. The molecule has 1 aliphatic rings. The number of benzene rings is 1. The summed E-state index contributed by atoms with van der Waals surface area (Å²) in [4.78, 5) is 4.56. The molecule has 0 bridgehead atoms. The fraction of sp³-hybridized carbons (Fsp3) is 0.312. The predicted octanol–water partition coefficient (Wildman–Crippen LogP) is 4.11. The molecule has 1 aliphatic carbocycles. The Labute approximate surface area is 131 Å². The van der Waals surface area contributed by atoms with E-state index in [0.29, 0.717) is 16.9 Å². The van der Waals surface area contributed by atoms with Gasteiger partial charge in [-0.25, -0.2) is 9.37 Å². The topological polar surface area (TPSA) is 48.1 Å². The number of halogens is 2. The average Bonchev–Trinajstić information content (AvgIpc) is 2.49. The van der Waals surface area contributed by atoms with E-state index >= 15 is 0 Å². The maximum absolute atomic E-state index is 13.9. The van der Waals surface area contributed by atoms with Gasteiger partial charge < -0.3 is 10.5 Å². The molecule has 1 aromatic heterocycles. The zero-order valence-electron chi connectivity index (χ0n) is 11.5. The van der Waals surface area contributed by atoms with E-state index in [2.05, 4.69) is 20.9 Å². The molecule has 0 fully saturated rings. The molecule has 1 heterocycles. The lowest BCUT2D eigenvalue weighted by Gasteiger charge is -2.18. The van der Waals surface area contributed by atoms with E-state index in [0.717, 1.165) is 30.5 Å². The second kappa shape index (κ2) is 6.12. The highest BCUT2D eigenvalue weighted by atomic mass is 79.9. The Morgan fingerprint density at radius 1 is 1.24 bits per heavy atom. The Hall–Kier alpha value is -1.46. The van der Waals surface area contributed by atoms with Gasteiger partial charge in [0, 0.05) is 22.3 Å². The van der Waals surface area contributed by atoms with Crippen molar-refractivity contribution < 1.29 is 9.13 Å². The van der Waals surface area contributed by atoms with Gasteiger partial charge in [-0.2, -0.15) is 0 Å². The molecule has 21 heavy (non-hydrogen) atoms. The van der Waals surface area contributed by atoms with Crippen molar-refractivity contribution in [2.75, 3.05) is 0 Å². The normalized spacial score (nSPS) is 13.9. The third-order valence-electron chi connectivity index (χ3n) is 3.66. The Bertz CT molecular complexity index is 676. The number of rotatable bonds is 3. The van der Waals surface area contributed by atoms with Crippen LogP contribution in [0.4, 0.5) is 4.39 Å². The van der Waals surface area contributed by atoms with Crippen LogP contribution >= 0.6 is 15.9 Å². The first-order valence-electron chi connectivity index (χ1n) is 7.02. The van der Waals surface area contributed by atoms with Gasteiger partial charge in [-0.1, -0.05) is 15.9 Å². The van der Waals surface area contributed by atoms with Crippen molar-refractivity contribution in [2.45, 2.75) is 32.2 Å². The number of ether oxygens (including phenoxy) is 1. The lowest BCUT2D eigenvalue weighted by atomic mass is 9.95. The van der Waals surface area contributed by atoms with Crippen LogP contribution in [0.2, 0.25) is 0 Å². The molecular formula is C16H16BrFN2O. The fourth-order valence-corrected chi connectivity index (χ4v) is 2.89. The predicted molar refractivity (Wildman–Crippen MR) is 82.9 cm³/mol. The number of pyridine rings is 1. The molecule has 5 heteroatoms. The second-order valence-corrected chi connectivity index (χ2v) is 6.06. The van der Waals surface area contributed by atoms with Gasteiger partial charge in [0.2, 0.25) is 5.88 Å². The summed E-state index contributed by atoms with van der Waals surface area (Å²) in [6.07, 6.45) is 4.29. The molecule has 0 spiro atoms. The zero-order chi connectivity index (χ0) is 14.8. The minimum atomic E-state index is -0.424. The monoisotopic (exact) mass is 350 g/mol. The maximum atomic E-state index is 13.9. The Morgan fingerprint density at radius 3 is 2.81 bits per heavy atom. The van der Waals surface area contributed by atoms with Crippen LogP contribution < -0.4 is 10.5 Å². The summed E-state index contributed by atoms with van der Waals surface area (Å²) in [6.45, 7) is 0.327. The molecule has 0 radical (unpaired) electrons. The molecule has 0 unspecified atom stereocenters. The summed E-state index contributed by atoms with van der Waals surface area (Å²) in [5.74, 6) is 0.155. The minimum absolute atomic E-state index is 0.163. The summed E-state index contributed by atoms with van der Waals surface area (Å²) in [7, 11) is 0. The van der Waals surface area contributed by atoms with Crippen molar-refractivity contribution in [3.63, 3.8) is 0 Å². The van der Waals surface area contributed by atoms with Gasteiger partial charge in [0.15, 0.2) is 11.6 Å². The largest absolute Gasteiger partial charge is 0.436 e. The smallest absolute Gasteiger partial charge is 0.224 e. The van der Waals surface area contributed by atoms with Crippen molar-refractivity contribution in [2.24, 2.45) is 5.73 Å².